The van der Waals surface area contributed by atoms with Crippen LogP contribution < -0.4 is 5.73 Å². The van der Waals surface area contributed by atoms with Crippen molar-refractivity contribution >= 4 is 17.3 Å². The maximum Gasteiger partial charge on any atom is 0.328 e. The van der Waals surface area contributed by atoms with E-state index in [0.29, 0.717) is 0 Å². The molecule has 0 radical (unpaired) electrons. The molecule has 0 fully saturated rings. The summed E-state index contributed by atoms with van der Waals surface area (Å²) in [5.74, 6) is -0.927. The Morgan fingerprint density at radius 1 is 1.79 bits per heavy atom. The van der Waals surface area contributed by atoms with Gasteiger partial charge in [-0.2, -0.15) is 0 Å². The minimum Gasteiger partial charge on any atom is -0.480 e. The van der Waals surface area contributed by atoms with Crippen LogP contribution in [0.1, 0.15) is 22.2 Å². The molecule has 0 saturated carbocycles. The molecule has 0 bridgehead atoms. The first-order chi connectivity index (χ1) is 6.46. The summed E-state index contributed by atoms with van der Waals surface area (Å²) in [5, 5.41) is 9.18. The monoisotopic (exact) mass is 211 g/mol. The highest BCUT2D eigenvalue weighted by Crippen LogP contribution is 2.43. The fraction of sp³-hybridized carbons (Fsp3) is 0.500. The van der Waals surface area contributed by atoms with Crippen molar-refractivity contribution in [3.05, 3.63) is 21.4 Å². The Hall–Kier alpha value is -0.870. The topological polar surface area (TPSA) is 63.3 Å². The molecule has 0 aliphatic heterocycles. The number of thiophene rings is 1. The standard InChI is InChI=1S/C10H13NO2S/c1-5-3-8-7(4-6(2)14-8)10(5,11)9(12)13/h4-5H,3,11H2,1-2H3,(H,12,13). The average molecular weight is 211 g/mol. The van der Waals surface area contributed by atoms with Crippen LogP contribution in [-0.2, 0) is 16.8 Å². The number of fused-ring (bicyclic) bond motifs is 1. The Labute approximate surface area is 86.6 Å². The van der Waals surface area contributed by atoms with Gasteiger partial charge in [-0.1, -0.05) is 6.92 Å². The van der Waals surface area contributed by atoms with Gasteiger partial charge in [-0.25, -0.2) is 4.79 Å². The number of aryl methyl sites for hydroxylation is 1. The van der Waals surface area contributed by atoms with E-state index in [1.54, 1.807) is 11.3 Å². The maximum absolute atomic E-state index is 11.2. The normalized spacial score (nSPS) is 30.4. The number of rotatable bonds is 1. The summed E-state index contributed by atoms with van der Waals surface area (Å²) < 4.78 is 0. The Balaban J connectivity index is 2.57. The van der Waals surface area contributed by atoms with Gasteiger partial charge >= 0.3 is 5.97 Å². The summed E-state index contributed by atoms with van der Waals surface area (Å²) in [6.07, 6.45) is 0.788. The quantitative estimate of drug-likeness (QED) is 0.739. The van der Waals surface area contributed by atoms with Crippen molar-refractivity contribution in [2.75, 3.05) is 0 Å². The summed E-state index contributed by atoms with van der Waals surface area (Å²) in [6.45, 7) is 3.88. The van der Waals surface area contributed by atoms with Gasteiger partial charge in [-0.3, -0.25) is 0 Å². The minimum atomic E-state index is -1.17. The second-order valence-electron chi connectivity index (χ2n) is 3.97. The first-order valence-electron chi connectivity index (χ1n) is 4.58. The zero-order valence-corrected chi connectivity index (χ0v) is 9.02. The van der Waals surface area contributed by atoms with Gasteiger partial charge in [0.2, 0.25) is 0 Å². The highest BCUT2D eigenvalue weighted by Gasteiger charge is 2.48. The van der Waals surface area contributed by atoms with Crippen LogP contribution in [0.15, 0.2) is 6.07 Å². The number of aliphatic carboxylic acids is 1. The van der Waals surface area contributed by atoms with Crippen LogP contribution in [0, 0.1) is 12.8 Å². The van der Waals surface area contributed by atoms with Crippen LogP contribution in [0.4, 0.5) is 0 Å². The molecule has 2 atom stereocenters. The third-order valence-corrected chi connectivity index (χ3v) is 4.07. The molecule has 0 saturated heterocycles. The SMILES string of the molecule is Cc1cc2c(s1)CC(C)C2(N)C(=O)O. The lowest BCUT2D eigenvalue weighted by atomic mass is 9.86. The Morgan fingerprint density at radius 2 is 2.43 bits per heavy atom. The van der Waals surface area contributed by atoms with Crippen molar-refractivity contribution in [3.8, 4) is 0 Å². The van der Waals surface area contributed by atoms with Gasteiger partial charge in [-0.05, 0) is 30.9 Å². The second-order valence-corrected chi connectivity index (χ2v) is 5.31. The zero-order chi connectivity index (χ0) is 10.5. The van der Waals surface area contributed by atoms with E-state index in [2.05, 4.69) is 0 Å². The number of carboxylic acid groups (broad SMARTS) is 1. The summed E-state index contributed by atoms with van der Waals surface area (Å²) in [5.41, 5.74) is 5.63. The van der Waals surface area contributed by atoms with E-state index in [0.717, 1.165) is 21.7 Å². The lowest BCUT2D eigenvalue weighted by Crippen LogP contribution is -2.47. The van der Waals surface area contributed by atoms with E-state index < -0.39 is 11.5 Å². The number of carbonyl (C=O) groups is 1. The van der Waals surface area contributed by atoms with Crippen molar-refractivity contribution in [1.82, 2.24) is 0 Å². The van der Waals surface area contributed by atoms with E-state index in [1.165, 1.54) is 0 Å². The molecule has 2 rings (SSSR count). The van der Waals surface area contributed by atoms with Gasteiger partial charge in [-0.15, -0.1) is 11.3 Å². The van der Waals surface area contributed by atoms with Crippen LogP contribution in [-0.4, -0.2) is 11.1 Å². The van der Waals surface area contributed by atoms with Gasteiger partial charge in [0.05, 0.1) is 0 Å². The molecule has 3 N–H and O–H groups in total. The summed E-state index contributed by atoms with van der Waals surface area (Å²) in [7, 11) is 0. The number of carboxylic acids is 1. The molecule has 0 aromatic carbocycles. The molecule has 1 aromatic rings. The molecule has 0 spiro atoms. The Kier molecular flexibility index (Phi) is 1.94. The highest BCUT2D eigenvalue weighted by atomic mass is 32.1. The second kappa shape index (κ2) is 2.81. The maximum atomic E-state index is 11.2. The molecule has 76 valence electrons. The number of nitrogens with two attached hydrogens (primary N) is 1. The summed E-state index contributed by atoms with van der Waals surface area (Å²) in [6, 6.07) is 1.91. The molecular weight excluding hydrogens is 198 g/mol. The molecule has 0 amide bonds. The number of hydrogen-bond acceptors (Lipinski definition) is 3. The molecule has 2 unspecified atom stereocenters. The molecule has 1 aromatic heterocycles. The molecule has 3 nitrogen and oxygen atoms in total. The van der Waals surface area contributed by atoms with E-state index >= 15 is 0 Å². The fourth-order valence-corrected chi connectivity index (χ4v) is 3.33. The lowest BCUT2D eigenvalue weighted by Gasteiger charge is -2.24. The van der Waals surface area contributed by atoms with Crippen LogP contribution in [0.25, 0.3) is 0 Å². The van der Waals surface area contributed by atoms with Crippen LogP contribution >= 0.6 is 11.3 Å². The molecule has 4 heteroatoms. The van der Waals surface area contributed by atoms with Crippen molar-refractivity contribution < 1.29 is 9.90 Å². The first-order valence-corrected chi connectivity index (χ1v) is 5.40. The fourth-order valence-electron chi connectivity index (χ4n) is 2.09. The predicted molar refractivity (Wildman–Crippen MR) is 55.4 cm³/mol. The van der Waals surface area contributed by atoms with Gasteiger partial charge in [0.15, 0.2) is 0 Å². The first kappa shape index (κ1) is 9.68. The summed E-state index contributed by atoms with van der Waals surface area (Å²) >= 11 is 1.66. The highest BCUT2D eigenvalue weighted by molar-refractivity contribution is 7.12. The van der Waals surface area contributed by atoms with Crippen LogP contribution in [0.3, 0.4) is 0 Å². The molecular formula is C10H13NO2S. The van der Waals surface area contributed by atoms with E-state index in [9.17, 15) is 9.90 Å². The van der Waals surface area contributed by atoms with E-state index in [1.807, 2.05) is 19.9 Å². The van der Waals surface area contributed by atoms with Gasteiger partial charge in [0.25, 0.3) is 0 Å². The third-order valence-electron chi connectivity index (χ3n) is 3.00. The molecule has 1 heterocycles. The van der Waals surface area contributed by atoms with Gasteiger partial charge in [0.1, 0.15) is 5.54 Å². The zero-order valence-electron chi connectivity index (χ0n) is 8.20. The summed E-state index contributed by atoms with van der Waals surface area (Å²) in [4.78, 5) is 13.5. The van der Waals surface area contributed by atoms with Crippen molar-refractivity contribution in [2.45, 2.75) is 25.8 Å². The van der Waals surface area contributed by atoms with Crippen LogP contribution in [0.5, 0.6) is 0 Å². The molecule has 1 aliphatic rings. The van der Waals surface area contributed by atoms with E-state index in [-0.39, 0.29) is 5.92 Å². The van der Waals surface area contributed by atoms with E-state index in [4.69, 9.17) is 5.73 Å². The van der Waals surface area contributed by atoms with Crippen molar-refractivity contribution in [1.29, 1.82) is 0 Å². The van der Waals surface area contributed by atoms with Crippen molar-refractivity contribution in [2.24, 2.45) is 11.7 Å². The minimum absolute atomic E-state index is 0.0122. The Bertz CT molecular complexity index is 399. The van der Waals surface area contributed by atoms with Gasteiger partial charge < -0.3 is 10.8 Å². The van der Waals surface area contributed by atoms with Crippen LogP contribution in [0.2, 0.25) is 0 Å². The van der Waals surface area contributed by atoms with Crippen molar-refractivity contribution in [3.63, 3.8) is 0 Å². The number of hydrogen-bond donors (Lipinski definition) is 2. The molecule has 1 aliphatic carbocycles. The smallest absolute Gasteiger partial charge is 0.328 e. The predicted octanol–water partition coefficient (Wildman–Crippen LogP) is 1.49. The molecule has 14 heavy (non-hydrogen) atoms. The Morgan fingerprint density at radius 3 is 3.00 bits per heavy atom. The third kappa shape index (κ3) is 1.04. The van der Waals surface area contributed by atoms with Gasteiger partial charge in [0, 0.05) is 9.75 Å². The average Bonchev–Trinajstić information content (AvgIpc) is 2.53. The lowest BCUT2D eigenvalue weighted by molar-refractivity contribution is -0.145. The largest absolute Gasteiger partial charge is 0.480 e.